The van der Waals surface area contributed by atoms with Crippen molar-refractivity contribution in [3.05, 3.63) is 12.7 Å². The molecule has 0 amide bonds. The Morgan fingerprint density at radius 1 is 1.75 bits per heavy atom. The fourth-order valence-corrected chi connectivity index (χ4v) is 2.84. The SMILES string of the molecule is C#CC(C)(C)C(C=C)P(C)(=O)O. The van der Waals surface area contributed by atoms with E-state index in [2.05, 4.69) is 12.5 Å². The van der Waals surface area contributed by atoms with E-state index in [9.17, 15) is 9.46 Å². The quantitative estimate of drug-likeness (QED) is 0.416. The van der Waals surface area contributed by atoms with Gasteiger partial charge in [0.1, 0.15) is 0 Å². The number of hydrogen-bond donors (Lipinski definition) is 1. The molecule has 2 unspecified atom stereocenters. The van der Waals surface area contributed by atoms with Crippen LogP contribution in [0.4, 0.5) is 0 Å². The van der Waals surface area contributed by atoms with Crippen molar-refractivity contribution in [3.8, 4) is 12.3 Å². The van der Waals surface area contributed by atoms with Gasteiger partial charge in [-0.3, -0.25) is 4.57 Å². The lowest BCUT2D eigenvalue weighted by Crippen LogP contribution is -2.25. The Labute approximate surface area is 74.1 Å². The minimum atomic E-state index is -3.17. The molecular formula is C9H15O2P. The Bertz CT molecular complexity index is 254. The molecule has 0 aromatic heterocycles. The topological polar surface area (TPSA) is 37.3 Å². The molecule has 0 bridgehead atoms. The van der Waals surface area contributed by atoms with Crippen LogP contribution in [-0.2, 0) is 4.57 Å². The van der Waals surface area contributed by atoms with E-state index in [4.69, 9.17) is 6.42 Å². The van der Waals surface area contributed by atoms with Crippen LogP contribution in [0, 0.1) is 17.8 Å². The predicted molar refractivity (Wildman–Crippen MR) is 52.3 cm³/mol. The maximum Gasteiger partial charge on any atom is 0.205 e. The first-order valence-electron chi connectivity index (χ1n) is 3.66. The van der Waals surface area contributed by atoms with Crippen molar-refractivity contribution >= 4 is 7.37 Å². The third kappa shape index (κ3) is 2.52. The molecule has 0 heterocycles. The highest BCUT2D eigenvalue weighted by molar-refractivity contribution is 7.58. The average molecular weight is 186 g/mol. The summed E-state index contributed by atoms with van der Waals surface area (Å²) in [5.74, 6) is 2.50. The number of terminal acetylenes is 1. The van der Waals surface area contributed by atoms with Crippen LogP contribution >= 0.6 is 7.37 Å². The fraction of sp³-hybridized carbons (Fsp3) is 0.556. The van der Waals surface area contributed by atoms with Crippen LogP contribution in [0.2, 0.25) is 0 Å². The molecule has 0 aromatic carbocycles. The van der Waals surface area contributed by atoms with Gasteiger partial charge in [-0.25, -0.2) is 0 Å². The number of hydrogen-bond acceptors (Lipinski definition) is 1. The van der Waals surface area contributed by atoms with Crippen LogP contribution in [-0.4, -0.2) is 17.2 Å². The largest absolute Gasteiger partial charge is 0.344 e. The molecule has 68 valence electrons. The summed E-state index contributed by atoms with van der Waals surface area (Å²) in [5.41, 5.74) is -1.14. The molecule has 1 N–H and O–H groups in total. The van der Waals surface area contributed by atoms with Gasteiger partial charge in [-0.2, -0.15) is 0 Å². The molecule has 0 aromatic rings. The summed E-state index contributed by atoms with van der Waals surface area (Å²) in [4.78, 5) is 9.33. The van der Waals surface area contributed by atoms with E-state index in [-0.39, 0.29) is 0 Å². The highest BCUT2D eigenvalue weighted by atomic mass is 31.2. The van der Waals surface area contributed by atoms with Crippen LogP contribution in [0.15, 0.2) is 12.7 Å². The molecule has 0 fully saturated rings. The summed E-state index contributed by atoms with van der Waals surface area (Å²) in [7, 11) is -3.17. The van der Waals surface area contributed by atoms with Crippen LogP contribution < -0.4 is 0 Å². The molecule has 0 radical (unpaired) electrons. The average Bonchev–Trinajstić information content (AvgIpc) is 1.85. The zero-order chi connectivity index (χ0) is 9.99. The molecule has 12 heavy (non-hydrogen) atoms. The van der Waals surface area contributed by atoms with E-state index in [0.29, 0.717) is 0 Å². The van der Waals surface area contributed by atoms with Gasteiger partial charge in [0, 0.05) is 12.1 Å². The van der Waals surface area contributed by atoms with Crippen molar-refractivity contribution < 1.29 is 9.46 Å². The molecule has 0 spiro atoms. The van der Waals surface area contributed by atoms with Gasteiger partial charge < -0.3 is 4.89 Å². The zero-order valence-corrected chi connectivity index (χ0v) is 8.64. The van der Waals surface area contributed by atoms with Gasteiger partial charge in [0.15, 0.2) is 0 Å². The van der Waals surface area contributed by atoms with Crippen molar-refractivity contribution in [2.45, 2.75) is 19.5 Å². The molecule has 0 saturated carbocycles. The Balaban J connectivity index is 4.97. The lowest BCUT2D eigenvalue weighted by molar-refractivity contribution is 0.429. The summed E-state index contributed by atoms with van der Waals surface area (Å²) in [6.07, 6.45) is 6.71. The summed E-state index contributed by atoms with van der Waals surface area (Å²) >= 11 is 0. The van der Waals surface area contributed by atoms with Crippen molar-refractivity contribution in [1.82, 2.24) is 0 Å². The Hall–Kier alpha value is -0.510. The van der Waals surface area contributed by atoms with Gasteiger partial charge >= 0.3 is 0 Å². The van der Waals surface area contributed by atoms with Crippen molar-refractivity contribution in [3.63, 3.8) is 0 Å². The van der Waals surface area contributed by atoms with Crippen LogP contribution in [0.5, 0.6) is 0 Å². The monoisotopic (exact) mass is 186 g/mol. The van der Waals surface area contributed by atoms with Gasteiger partial charge in [0.2, 0.25) is 7.37 Å². The highest BCUT2D eigenvalue weighted by Crippen LogP contribution is 2.50. The fourth-order valence-electron chi connectivity index (χ4n) is 1.17. The second-order valence-corrected chi connectivity index (χ2v) is 5.93. The molecule has 2 nitrogen and oxygen atoms in total. The van der Waals surface area contributed by atoms with Gasteiger partial charge in [-0.1, -0.05) is 12.0 Å². The maximum absolute atomic E-state index is 11.3. The van der Waals surface area contributed by atoms with Gasteiger partial charge in [0.25, 0.3) is 0 Å². The van der Waals surface area contributed by atoms with Gasteiger partial charge in [-0.05, 0) is 13.8 Å². The molecule has 0 saturated heterocycles. The first kappa shape index (κ1) is 11.5. The van der Waals surface area contributed by atoms with Crippen LogP contribution in [0.1, 0.15) is 13.8 Å². The second kappa shape index (κ2) is 3.47. The second-order valence-electron chi connectivity index (χ2n) is 3.49. The molecule has 0 aliphatic heterocycles. The van der Waals surface area contributed by atoms with E-state index in [1.807, 2.05) is 0 Å². The minimum absolute atomic E-state index is 0.532. The van der Waals surface area contributed by atoms with Crippen molar-refractivity contribution in [2.75, 3.05) is 6.66 Å². The molecular weight excluding hydrogens is 171 g/mol. The first-order chi connectivity index (χ1) is 5.25. The van der Waals surface area contributed by atoms with E-state index in [1.54, 1.807) is 13.8 Å². The van der Waals surface area contributed by atoms with Crippen LogP contribution in [0.3, 0.4) is 0 Å². The lowest BCUT2D eigenvalue weighted by Gasteiger charge is -2.28. The van der Waals surface area contributed by atoms with Gasteiger partial charge in [0.05, 0.1) is 5.66 Å². The number of rotatable bonds is 3. The Kier molecular flexibility index (Phi) is 3.33. The van der Waals surface area contributed by atoms with E-state index >= 15 is 0 Å². The number of allylic oxidation sites excluding steroid dienone is 1. The summed E-state index contributed by atoms with van der Waals surface area (Å²) < 4.78 is 11.3. The van der Waals surface area contributed by atoms with E-state index in [0.717, 1.165) is 0 Å². The first-order valence-corrected chi connectivity index (χ1v) is 5.83. The predicted octanol–water partition coefficient (Wildman–Crippen LogP) is 2.10. The molecule has 0 aliphatic rings. The maximum atomic E-state index is 11.3. The summed E-state index contributed by atoms with van der Waals surface area (Å²) in [6, 6.07) is 0. The smallest absolute Gasteiger partial charge is 0.205 e. The summed E-state index contributed by atoms with van der Waals surface area (Å²) in [5, 5.41) is 0. The van der Waals surface area contributed by atoms with Crippen LogP contribution in [0.25, 0.3) is 0 Å². The van der Waals surface area contributed by atoms with Gasteiger partial charge in [-0.15, -0.1) is 13.0 Å². The molecule has 2 atom stereocenters. The Morgan fingerprint density at radius 3 is 2.25 bits per heavy atom. The third-order valence-corrected chi connectivity index (χ3v) is 3.74. The molecule has 3 heteroatoms. The molecule has 0 rings (SSSR count). The highest BCUT2D eigenvalue weighted by Gasteiger charge is 2.35. The normalized spacial score (nSPS) is 18.9. The van der Waals surface area contributed by atoms with E-state index in [1.165, 1.54) is 12.7 Å². The third-order valence-electron chi connectivity index (χ3n) is 1.85. The van der Waals surface area contributed by atoms with Crippen molar-refractivity contribution in [2.24, 2.45) is 5.41 Å². The standard InChI is InChI=1S/C9H15O2P/c1-6-8(12(5,10)11)9(3,4)7-2/h2,6,8H,1H2,3-5H3,(H,10,11). The zero-order valence-electron chi connectivity index (χ0n) is 7.74. The van der Waals surface area contributed by atoms with E-state index < -0.39 is 18.4 Å². The molecule has 0 aliphatic carbocycles. The summed E-state index contributed by atoms with van der Waals surface area (Å²) in [6.45, 7) is 8.33. The Morgan fingerprint density at radius 2 is 2.17 bits per heavy atom. The lowest BCUT2D eigenvalue weighted by atomic mass is 9.90. The van der Waals surface area contributed by atoms with Crippen molar-refractivity contribution in [1.29, 1.82) is 0 Å². The minimum Gasteiger partial charge on any atom is -0.344 e.